The number of aliphatic hydroxyl groups is 1. The molecule has 2 atom stereocenters. The molecule has 0 aromatic rings. The molecule has 0 aromatic heterocycles. The van der Waals surface area contributed by atoms with Crippen LogP contribution in [0.1, 0.15) is 71.1 Å². The van der Waals surface area contributed by atoms with Crippen LogP contribution in [-0.2, 0) is 9.59 Å². The summed E-state index contributed by atoms with van der Waals surface area (Å²) in [6.45, 7) is 2.08. The van der Waals surface area contributed by atoms with Crippen LogP contribution in [0, 0.1) is 0 Å². The van der Waals surface area contributed by atoms with Crippen molar-refractivity contribution >= 4 is 24.1 Å². The standard InChI is InChI=1S/C17H29N3O5/c1-2-3-6-9-13(21)12-18-20-14(16(24)19-17(20)25)10-7-4-5-8-11-15(22)23/h12-14,21H,2-11H2,1H3,(H,22,23)(H,19,24,25). The zero-order valence-corrected chi connectivity index (χ0v) is 14.8. The number of hydrogen-bond donors (Lipinski definition) is 3. The van der Waals surface area contributed by atoms with Gasteiger partial charge in [0.05, 0.1) is 12.3 Å². The van der Waals surface area contributed by atoms with Gasteiger partial charge in [-0.15, -0.1) is 0 Å². The molecule has 0 spiro atoms. The SMILES string of the molecule is CCCCCC(O)C=NN1C(=O)NC(=O)C1CCCCCCC(=O)O. The van der Waals surface area contributed by atoms with Gasteiger partial charge in [0.25, 0.3) is 5.91 Å². The first kappa shape index (κ1) is 21.1. The molecule has 8 heteroatoms. The Morgan fingerprint density at radius 2 is 1.96 bits per heavy atom. The Morgan fingerprint density at radius 1 is 1.24 bits per heavy atom. The van der Waals surface area contributed by atoms with Crippen LogP contribution >= 0.6 is 0 Å². The molecule has 0 aliphatic carbocycles. The average Bonchev–Trinajstić information content (AvgIpc) is 2.82. The summed E-state index contributed by atoms with van der Waals surface area (Å²) in [6, 6.07) is -1.23. The van der Waals surface area contributed by atoms with Gasteiger partial charge in [-0.2, -0.15) is 5.10 Å². The third-order valence-corrected chi connectivity index (χ3v) is 4.12. The van der Waals surface area contributed by atoms with Crippen LogP contribution in [0.25, 0.3) is 0 Å². The monoisotopic (exact) mass is 355 g/mol. The number of urea groups is 1. The first-order valence-electron chi connectivity index (χ1n) is 9.03. The number of hydrazone groups is 1. The van der Waals surface area contributed by atoms with Crippen molar-refractivity contribution in [3.63, 3.8) is 0 Å². The third kappa shape index (κ3) is 8.11. The van der Waals surface area contributed by atoms with Crippen molar-refractivity contribution in [2.24, 2.45) is 5.10 Å². The number of aliphatic hydroxyl groups excluding tert-OH is 1. The summed E-state index contributed by atoms with van der Waals surface area (Å²) in [7, 11) is 0. The van der Waals surface area contributed by atoms with Gasteiger partial charge in [-0.25, -0.2) is 9.80 Å². The molecule has 2 unspecified atom stereocenters. The van der Waals surface area contributed by atoms with E-state index in [1.165, 1.54) is 6.21 Å². The smallest absolute Gasteiger partial charge is 0.345 e. The molecule has 0 bridgehead atoms. The van der Waals surface area contributed by atoms with Crippen molar-refractivity contribution in [1.29, 1.82) is 0 Å². The maximum Gasteiger partial charge on any atom is 0.345 e. The highest BCUT2D eigenvalue weighted by Gasteiger charge is 2.38. The zero-order valence-electron chi connectivity index (χ0n) is 14.8. The molecule has 8 nitrogen and oxygen atoms in total. The third-order valence-electron chi connectivity index (χ3n) is 4.12. The number of hydrogen-bond acceptors (Lipinski definition) is 5. The molecule has 3 amide bonds. The van der Waals surface area contributed by atoms with Crippen molar-refractivity contribution in [3.8, 4) is 0 Å². The number of carboxylic acids is 1. The van der Waals surface area contributed by atoms with Crippen LogP contribution in [0.2, 0.25) is 0 Å². The predicted octanol–water partition coefficient (Wildman–Crippen LogP) is 2.26. The largest absolute Gasteiger partial charge is 0.481 e. The lowest BCUT2D eigenvalue weighted by atomic mass is 10.1. The highest BCUT2D eigenvalue weighted by Crippen LogP contribution is 2.17. The first-order chi connectivity index (χ1) is 12.0. The van der Waals surface area contributed by atoms with E-state index in [2.05, 4.69) is 17.3 Å². The molecule has 142 valence electrons. The highest BCUT2D eigenvalue weighted by molar-refractivity contribution is 6.04. The van der Waals surface area contributed by atoms with Gasteiger partial charge in [0.2, 0.25) is 0 Å². The van der Waals surface area contributed by atoms with Gasteiger partial charge in [0.15, 0.2) is 0 Å². The van der Waals surface area contributed by atoms with E-state index in [1.807, 2.05) is 0 Å². The number of nitrogens with zero attached hydrogens (tertiary/aromatic N) is 2. The van der Waals surface area contributed by atoms with Crippen molar-refractivity contribution in [3.05, 3.63) is 0 Å². The summed E-state index contributed by atoms with van der Waals surface area (Å²) in [6.07, 6.45) is 7.62. The van der Waals surface area contributed by atoms with E-state index in [4.69, 9.17) is 5.11 Å². The van der Waals surface area contributed by atoms with Gasteiger partial charge in [0, 0.05) is 6.42 Å². The fraction of sp³-hybridized carbons (Fsp3) is 0.765. The van der Waals surface area contributed by atoms with Crippen LogP contribution < -0.4 is 5.32 Å². The highest BCUT2D eigenvalue weighted by atomic mass is 16.4. The first-order valence-corrected chi connectivity index (χ1v) is 9.03. The summed E-state index contributed by atoms with van der Waals surface area (Å²) < 4.78 is 0. The van der Waals surface area contributed by atoms with Gasteiger partial charge in [-0.05, 0) is 19.3 Å². The van der Waals surface area contributed by atoms with Crippen LogP contribution in [0.4, 0.5) is 4.79 Å². The summed E-state index contributed by atoms with van der Waals surface area (Å²) in [5.74, 6) is -1.19. The lowest BCUT2D eigenvalue weighted by Crippen LogP contribution is -2.31. The molecule has 3 N–H and O–H groups in total. The lowest BCUT2D eigenvalue weighted by Gasteiger charge is -2.16. The van der Waals surface area contributed by atoms with E-state index in [-0.39, 0.29) is 12.3 Å². The number of carbonyl (C=O) groups excluding carboxylic acids is 2. The lowest BCUT2D eigenvalue weighted by molar-refractivity contribution is -0.137. The summed E-state index contributed by atoms with van der Waals surface area (Å²) in [5, 5.41) is 25.8. The molecule has 1 aliphatic heterocycles. The molecule has 0 aromatic carbocycles. The number of amides is 3. The minimum absolute atomic E-state index is 0.148. The number of carbonyl (C=O) groups is 3. The van der Waals surface area contributed by atoms with Crippen molar-refractivity contribution in [1.82, 2.24) is 10.3 Å². The fourth-order valence-corrected chi connectivity index (χ4v) is 2.68. The maximum absolute atomic E-state index is 11.9. The van der Waals surface area contributed by atoms with E-state index < -0.39 is 24.1 Å². The number of imide groups is 1. The Bertz CT molecular complexity index is 481. The van der Waals surface area contributed by atoms with Crippen molar-refractivity contribution in [2.75, 3.05) is 0 Å². The minimum Gasteiger partial charge on any atom is -0.481 e. The number of rotatable bonds is 13. The molecule has 0 radical (unpaired) electrons. The molecule has 1 fully saturated rings. The van der Waals surface area contributed by atoms with Crippen molar-refractivity contribution in [2.45, 2.75) is 83.3 Å². The molecule has 1 rings (SSSR count). The van der Waals surface area contributed by atoms with E-state index in [1.54, 1.807) is 0 Å². The normalized spacial score (nSPS) is 18.8. The maximum atomic E-state index is 11.9. The van der Waals surface area contributed by atoms with Crippen LogP contribution in [0.5, 0.6) is 0 Å². The summed E-state index contributed by atoms with van der Waals surface area (Å²) in [5.41, 5.74) is 0. The number of nitrogens with one attached hydrogen (secondary N) is 1. The second kappa shape index (κ2) is 11.6. The van der Waals surface area contributed by atoms with Crippen LogP contribution in [0.15, 0.2) is 5.10 Å². The number of carboxylic acid groups (broad SMARTS) is 1. The Hall–Kier alpha value is -1.96. The van der Waals surface area contributed by atoms with E-state index >= 15 is 0 Å². The average molecular weight is 355 g/mol. The van der Waals surface area contributed by atoms with Gasteiger partial charge in [-0.3, -0.25) is 14.9 Å². The second-order valence-electron chi connectivity index (χ2n) is 6.33. The molecule has 1 saturated heterocycles. The Labute approximate surface area is 148 Å². The van der Waals surface area contributed by atoms with Gasteiger partial charge >= 0.3 is 12.0 Å². The van der Waals surface area contributed by atoms with Crippen LogP contribution in [0.3, 0.4) is 0 Å². The predicted molar refractivity (Wildman–Crippen MR) is 93.1 cm³/mol. The topological polar surface area (TPSA) is 119 Å². The molecule has 1 heterocycles. The fourth-order valence-electron chi connectivity index (χ4n) is 2.68. The molecular weight excluding hydrogens is 326 g/mol. The van der Waals surface area contributed by atoms with E-state index in [0.29, 0.717) is 25.7 Å². The quantitative estimate of drug-likeness (QED) is 0.266. The molecule has 0 saturated carbocycles. The number of aliphatic carboxylic acids is 1. The van der Waals surface area contributed by atoms with Crippen molar-refractivity contribution < 1.29 is 24.6 Å². The Morgan fingerprint density at radius 3 is 2.64 bits per heavy atom. The number of unbranched alkanes of at least 4 members (excludes halogenated alkanes) is 5. The molecule has 25 heavy (non-hydrogen) atoms. The van der Waals surface area contributed by atoms with E-state index in [0.717, 1.165) is 37.1 Å². The van der Waals surface area contributed by atoms with Gasteiger partial charge in [-0.1, -0.05) is 45.4 Å². The van der Waals surface area contributed by atoms with Crippen LogP contribution in [-0.4, -0.2) is 51.5 Å². The zero-order chi connectivity index (χ0) is 18.7. The summed E-state index contributed by atoms with van der Waals surface area (Å²) in [4.78, 5) is 34.1. The Kier molecular flexibility index (Phi) is 9.76. The molecular formula is C17H29N3O5. The minimum atomic E-state index is -0.807. The molecule has 1 aliphatic rings. The van der Waals surface area contributed by atoms with Gasteiger partial charge in [0.1, 0.15) is 6.04 Å². The summed E-state index contributed by atoms with van der Waals surface area (Å²) >= 11 is 0. The van der Waals surface area contributed by atoms with E-state index in [9.17, 15) is 19.5 Å². The Balaban J connectivity index is 2.40. The van der Waals surface area contributed by atoms with Gasteiger partial charge < -0.3 is 10.2 Å². The second-order valence-corrected chi connectivity index (χ2v) is 6.33.